The lowest BCUT2D eigenvalue weighted by Gasteiger charge is -2.27. The smallest absolute Gasteiger partial charge is 0.410 e. The average Bonchev–Trinajstić information content (AvgIpc) is 2.61. The third-order valence-electron chi connectivity index (χ3n) is 3.06. The highest BCUT2D eigenvalue weighted by atomic mass is 32.1. The van der Waals surface area contributed by atoms with E-state index in [0.29, 0.717) is 13.1 Å². The van der Waals surface area contributed by atoms with Crippen LogP contribution in [0.5, 0.6) is 5.75 Å². The monoisotopic (exact) mass is 309 g/mol. The molecule has 0 saturated heterocycles. The normalized spacial score (nSPS) is 18.5. The summed E-state index contributed by atoms with van der Waals surface area (Å²) in [5, 5.41) is 2.04. The van der Waals surface area contributed by atoms with E-state index in [4.69, 9.17) is 9.47 Å². The zero-order valence-electron chi connectivity index (χ0n) is 13.4. The van der Waals surface area contributed by atoms with Gasteiger partial charge in [-0.15, -0.1) is 11.3 Å². The molecule has 1 unspecified atom stereocenters. The second-order valence-corrected chi connectivity index (χ2v) is 7.44. The summed E-state index contributed by atoms with van der Waals surface area (Å²) in [5.74, 6) is 0.867. The Bertz CT molecular complexity index is 556. The maximum atomic E-state index is 12.3. The lowest BCUT2D eigenvalue weighted by atomic mass is 10.1. The molecule has 2 heterocycles. The van der Waals surface area contributed by atoms with Crippen LogP contribution in [0.15, 0.2) is 12.0 Å². The summed E-state index contributed by atoms with van der Waals surface area (Å²) >= 11 is 1.60. The van der Waals surface area contributed by atoms with Crippen LogP contribution in [0.25, 0.3) is 5.57 Å². The number of hydrogen-bond donors (Lipinski definition) is 0. The number of rotatable bonds is 1. The molecular formula is C16H23NO3S. The number of allylic oxidation sites excluding steroid dienone is 1. The number of ether oxygens (including phenoxy) is 2. The Balaban J connectivity index is 2.24. The SMILES string of the molecule is C=C(C)c1csc2c1OC(C)CN(C(=O)OC(C)(C)C)C2. The van der Waals surface area contributed by atoms with Gasteiger partial charge in [0.1, 0.15) is 17.5 Å². The lowest BCUT2D eigenvalue weighted by molar-refractivity contribution is 0.0189. The van der Waals surface area contributed by atoms with Crippen molar-refractivity contribution in [1.82, 2.24) is 4.90 Å². The first kappa shape index (κ1) is 15.9. The Morgan fingerprint density at radius 2 is 2.19 bits per heavy atom. The highest BCUT2D eigenvalue weighted by Crippen LogP contribution is 2.38. The molecule has 0 bridgehead atoms. The van der Waals surface area contributed by atoms with Gasteiger partial charge in [-0.1, -0.05) is 6.58 Å². The summed E-state index contributed by atoms with van der Waals surface area (Å²) in [6.07, 6.45) is -0.373. The van der Waals surface area contributed by atoms with Crippen molar-refractivity contribution in [2.45, 2.75) is 52.9 Å². The molecule has 0 radical (unpaired) electrons. The number of amides is 1. The van der Waals surface area contributed by atoms with Crippen LogP contribution < -0.4 is 4.74 Å². The molecule has 116 valence electrons. The number of carbonyl (C=O) groups is 1. The van der Waals surface area contributed by atoms with E-state index in [-0.39, 0.29) is 12.2 Å². The van der Waals surface area contributed by atoms with Gasteiger partial charge in [-0.3, -0.25) is 4.90 Å². The predicted molar refractivity (Wildman–Crippen MR) is 85.8 cm³/mol. The van der Waals surface area contributed by atoms with E-state index in [9.17, 15) is 4.79 Å². The second kappa shape index (κ2) is 5.72. The van der Waals surface area contributed by atoms with Gasteiger partial charge in [0.05, 0.1) is 18.0 Å². The Hall–Kier alpha value is -1.49. The minimum absolute atomic E-state index is 0.0773. The quantitative estimate of drug-likeness (QED) is 0.776. The summed E-state index contributed by atoms with van der Waals surface area (Å²) in [5.41, 5.74) is 1.52. The van der Waals surface area contributed by atoms with Gasteiger partial charge in [-0.2, -0.15) is 0 Å². The number of fused-ring (bicyclic) bond motifs is 1. The second-order valence-electron chi connectivity index (χ2n) is 6.47. The minimum atomic E-state index is -0.491. The van der Waals surface area contributed by atoms with Gasteiger partial charge in [0.25, 0.3) is 0 Å². The molecule has 1 atom stereocenters. The van der Waals surface area contributed by atoms with E-state index in [1.165, 1.54) is 0 Å². The fraction of sp³-hybridized carbons (Fsp3) is 0.562. The van der Waals surface area contributed by atoms with E-state index in [1.807, 2.05) is 40.0 Å². The standard InChI is InChI=1S/C16H23NO3S/c1-10(2)12-9-21-13-8-17(7-11(3)19-14(12)13)15(18)20-16(4,5)6/h9,11H,1,7-8H2,2-6H3. The molecule has 0 N–H and O–H groups in total. The Morgan fingerprint density at radius 3 is 2.76 bits per heavy atom. The topological polar surface area (TPSA) is 38.8 Å². The van der Waals surface area contributed by atoms with E-state index in [2.05, 4.69) is 6.58 Å². The van der Waals surface area contributed by atoms with Crippen molar-refractivity contribution < 1.29 is 14.3 Å². The maximum Gasteiger partial charge on any atom is 0.410 e. The van der Waals surface area contributed by atoms with Crippen molar-refractivity contribution in [3.8, 4) is 5.75 Å². The van der Waals surface area contributed by atoms with Crippen molar-refractivity contribution >= 4 is 23.0 Å². The highest BCUT2D eigenvalue weighted by molar-refractivity contribution is 7.10. The molecule has 1 aliphatic rings. The number of nitrogens with zero attached hydrogens (tertiary/aromatic N) is 1. The predicted octanol–water partition coefficient (Wildman–Crippen LogP) is 4.30. The minimum Gasteiger partial charge on any atom is -0.487 e. The van der Waals surface area contributed by atoms with E-state index in [1.54, 1.807) is 16.2 Å². The van der Waals surface area contributed by atoms with Gasteiger partial charge in [0.2, 0.25) is 0 Å². The summed E-state index contributed by atoms with van der Waals surface area (Å²) in [6.45, 7) is 14.6. The van der Waals surface area contributed by atoms with Crippen molar-refractivity contribution in [1.29, 1.82) is 0 Å². The van der Waals surface area contributed by atoms with Gasteiger partial charge in [0.15, 0.2) is 0 Å². The molecule has 21 heavy (non-hydrogen) atoms. The highest BCUT2D eigenvalue weighted by Gasteiger charge is 2.29. The van der Waals surface area contributed by atoms with Crippen LogP contribution in [0, 0.1) is 0 Å². The van der Waals surface area contributed by atoms with Crippen LogP contribution in [0.1, 0.15) is 45.1 Å². The molecule has 0 saturated carbocycles. The molecule has 1 aliphatic heterocycles. The average molecular weight is 309 g/mol. The Kier molecular flexibility index (Phi) is 4.33. The summed E-state index contributed by atoms with van der Waals surface area (Å²) < 4.78 is 11.5. The molecule has 0 spiro atoms. The first-order valence-electron chi connectivity index (χ1n) is 7.08. The van der Waals surface area contributed by atoms with Crippen LogP contribution in [-0.2, 0) is 11.3 Å². The zero-order chi connectivity index (χ0) is 15.8. The summed E-state index contributed by atoms with van der Waals surface area (Å²) in [4.78, 5) is 15.1. The first-order valence-corrected chi connectivity index (χ1v) is 7.96. The van der Waals surface area contributed by atoms with Crippen molar-refractivity contribution in [2.24, 2.45) is 0 Å². The zero-order valence-corrected chi connectivity index (χ0v) is 14.2. The fourth-order valence-electron chi connectivity index (χ4n) is 2.17. The van der Waals surface area contributed by atoms with Gasteiger partial charge in [-0.25, -0.2) is 4.79 Å². The molecule has 1 amide bonds. The van der Waals surface area contributed by atoms with Gasteiger partial charge >= 0.3 is 6.09 Å². The lowest BCUT2D eigenvalue weighted by Crippen LogP contribution is -2.39. The van der Waals surface area contributed by atoms with Gasteiger partial charge < -0.3 is 9.47 Å². The fourth-order valence-corrected chi connectivity index (χ4v) is 3.24. The number of thiophene rings is 1. The molecule has 0 fully saturated rings. The van der Waals surface area contributed by atoms with Crippen LogP contribution in [-0.4, -0.2) is 29.2 Å². The van der Waals surface area contributed by atoms with Crippen molar-refractivity contribution in [2.75, 3.05) is 6.54 Å². The maximum absolute atomic E-state index is 12.3. The molecule has 5 heteroatoms. The third kappa shape index (κ3) is 3.79. The number of carbonyl (C=O) groups excluding carboxylic acids is 1. The van der Waals surface area contributed by atoms with Crippen molar-refractivity contribution in [3.63, 3.8) is 0 Å². The van der Waals surface area contributed by atoms with E-state index >= 15 is 0 Å². The molecule has 1 aromatic heterocycles. The largest absolute Gasteiger partial charge is 0.487 e. The van der Waals surface area contributed by atoms with Crippen molar-refractivity contribution in [3.05, 3.63) is 22.4 Å². The van der Waals surface area contributed by atoms with Crippen LogP contribution >= 0.6 is 11.3 Å². The number of hydrogen-bond acceptors (Lipinski definition) is 4. The van der Waals surface area contributed by atoms with Crippen LogP contribution in [0.3, 0.4) is 0 Å². The Labute approximate surface area is 130 Å². The van der Waals surface area contributed by atoms with Gasteiger partial charge in [0, 0.05) is 10.9 Å². The molecule has 4 nitrogen and oxygen atoms in total. The van der Waals surface area contributed by atoms with Crippen LogP contribution in [0.4, 0.5) is 4.79 Å². The van der Waals surface area contributed by atoms with Crippen LogP contribution in [0.2, 0.25) is 0 Å². The molecule has 0 aliphatic carbocycles. The van der Waals surface area contributed by atoms with E-state index in [0.717, 1.165) is 21.8 Å². The Morgan fingerprint density at radius 1 is 1.52 bits per heavy atom. The first-order chi connectivity index (χ1) is 9.67. The summed E-state index contributed by atoms with van der Waals surface area (Å²) in [7, 11) is 0. The summed E-state index contributed by atoms with van der Waals surface area (Å²) in [6, 6.07) is 0. The van der Waals surface area contributed by atoms with E-state index < -0.39 is 5.60 Å². The molecule has 1 aromatic rings. The van der Waals surface area contributed by atoms with Gasteiger partial charge in [-0.05, 0) is 40.2 Å². The molecule has 2 rings (SSSR count). The molecular weight excluding hydrogens is 286 g/mol. The third-order valence-corrected chi connectivity index (χ3v) is 4.01. The molecule has 0 aromatic carbocycles.